The number of furan rings is 1. The molecular weight excluding hydrogens is 346 g/mol. The zero-order chi connectivity index (χ0) is 20.0. The van der Waals surface area contributed by atoms with E-state index >= 15 is 0 Å². The maximum absolute atomic E-state index is 12.1. The Morgan fingerprint density at radius 3 is 2.33 bits per heavy atom. The molecular formula is C20H27N3O4. The van der Waals surface area contributed by atoms with Crippen LogP contribution in [0.3, 0.4) is 0 Å². The fourth-order valence-corrected chi connectivity index (χ4v) is 2.81. The second kappa shape index (κ2) is 9.23. The highest BCUT2D eigenvalue weighted by atomic mass is 16.5. The van der Waals surface area contributed by atoms with E-state index in [-0.39, 0.29) is 24.4 Å². The maximum Gasteiger partial charge on any atom is 0.255 e. The van der Waals surface area contributed by atoms with Gasteiger partial charge in [0.2, 0.25) is 5.91 Å². The number of benzene rings is 1. The normalized spacial score (nSPS) is 11.9. The quantitative estimate of drug-likeness (QED) is 0.740. The molecule has 2 aromatic rings. The highest BCUT2D eigenvalue weighted by Gasteiger charge is 2.17. The Hall–Kier alpha value is -2.80. The summed E-state index contributed by atoms with van der Waals surface area (Å²) >= 11 is 0. The number of hydrogen-bond donors (Lipinski definition) is 2. The van der Waals surface area contributed by atoms with Crippen LogP contribution in [0, 0.1) is 13.8 Å². The lowest BCUT2D eigenvalue weighted by atomic mass is 10.1. The molecule has 1 aromatic carbocycles. The fourth-order valence-electron chi connectivity index (χ4n) is 2.81. The number of nitrogens with zero attached hydrogens (tertiary/aromatic N) is 1. The molecule has 0 aliphatic heterocycles. The number of hydrogen-bond acceptors (Lipinski definition) is 5. The summed E-state index contributed by atoms with van der Waals surface area (Å²) in [7, 11) is 5.53. The number of carbonyl (C=O) groups is 2. The predicted molar refractivity (Wildman–Crippen MR) is 103 cm³/mol. The lowest BCUT2D eigenvalue weighted by Crippen LogP contribution is -2.40. The van der Waals surface area contributed by atoms with Crippen LogP contribution in [0.2, 0.25) is 0 Å². The SMILES string of the molecule is COc1ccc(C(CNC(=O)CNC(=O)c2cc(C)oc2C)N(C)C)cc1. The van der Waals surface area contributed by atoms with Crippen molar-refractivity contribution in [2.75, 3.05) is 34.3 Å². The van der Waals surface area contributed by atoms with Gasteiger partial charge in [0, 0.05) is 6.54 Å². The Morgan fingerprint density at radius 1 is 1.15 bits per heavy atom. The number of methoxy groups -OCH3 is 1. The summed E-state index contributed by atoms with van der Waals surface area (Å²) in [5, 5.41) is 5.49. The van der Waals surface area contributed by atoms with Crippen molar-refractivity contribution in [3.05, 3.63) is 53.0 Å². The van der Waals surface area contributed by atoms with Crippen molar-refractivity contribution in [3.8, 4) is 5.75 Å². The second-order valence-electron chi connectivity index (χ2n) is 6.57. The van der Waals surface area contributed by atoms with E-state index in [4.69, 9.17) is 9.15 Å². The molecule has 146 valence electrons. The summed E-state index contributed by atoms with van der Waals surface area (Å²) < 4.78 is 10.5. The van der Waals surface area contributed by atoms with Crippen LogP contribution in [0.5, 0.6) is 5.75 Å². The number of rotatable bonds is 8. The van der Waals surface area contributed by atoms with Gasteiger partial charge in [-0.05, 0) is 51.7 Å². The molecule has 0 saturated heterocycles. The summed E-state index contributed by atoms with van der Waals surface area (Å²) in [6.45, 7) is 3.83. The third kappa shape index (κ3) is 5.59. The number of aryl methyl sites for hydroxylation is 2. The lowest BCUT2D eigenvalue weighted by molar-refractivity contribution is -0.120. The number of ether oxygens (including phenoxy) is 1. The second-order valence-corrected chi connectivity index (χ2v) is 6.57. The Labute approximate surface area is 159 Å². The van der Waals surface area contributed by atoms with Gasteiger partial charge in [-0.25, -0.2) is 0 Å². The van der Waals surface area contributed by atoms with Gasteiger partial charge < -0.3 is 24.7 Å². The molecule has 7 nitrogen and oxygen atoms in total. The van der Waals surface area contributed by atoms with E-state index in [0.29, 0.717) is 23.6 Å². The third-order valence-electron chi connectivity index (χ3n) is 4.31. The lowest BCUT2D eigenvalue weighted by Gasteiger charge is -2.25. The Bertz CT molecular complexity index is 781. The first-order valence-electron chi connectivity index (χ1n) is 8.74. The molecule has 0 aliphatic carbocycles. The van der Waals surface area contributed by atoms with Crippen LogP contribution < -0.4 is 15.4 Å². The van der Waals surface area contributed by atoms with E-state index in [9.17, 15) is 9.59 Å². The highest BCUT2D eigenvalue weighted by molar-refractivity contribution is 5.97. The molecule has 2 N–H and O–H groups in total. The first-order valence-corrected chi connectivity index (χ1v) is 8.74. The first-order chi connectivity index (χ1) is 12.8. The molecule has 0 fully saturated rings. The van der Waals surface area contributed by atoms with Crippen molar-refractivity contribution in [2.24, 2.45) is 0 Å². The number of amides is 2. The van der Waals surface area contributed by atoms with Crippen molar-refractivity contribution < 1.29 is 18.7 Å². The van der Waals surface area contributed by atoms with Crippen molar-refractivity contribution in [1.29, 1.82) is 0 Å². The van der Waals surface area contributed by atoms with E-state index < -0.39 is 0 Å². The minimum absolute atomic E-state index is 0.00863. The topological polar surface area (TPSA) is 83.8 Å². The molecule has 0 aliphatic rings. The molecule has 1 aromatic heterocycles. The summed E-state index contributed by atoms with van der Waals surface area (Å²) in [4.78, 5) is 26.3. The highest BCUT2D eigenvalue weighted by Crippen LogP contribution is 2.20. The summed E-state index contributed by atoms with van der Waals surface area (Å²) in [5.41, 5.74) is 1.51. The molecule has 27 heavy (non-hydrogen) atoms. The van der Waals surface area contributed by atoms with Crippen LogP contribution in [0.1, 0.15) is 33.5 Å². The van der Waals surface area contributed by atoms with Gasteiger partial charge in [0.05, 0.1) is 25.3 Å². The molecule has 1 atom stereocenters. The Kier molecular flexibility index (Phi) is 7.01. The average Bonchev–Trinajstić information content (AvgIpc) is 2.98. The van der Waals surface area contributed by atoms with Gasteiger partial charge in [-0.15, -0.1) is 0 Å². The molecule has 0 saturated carbocycles. The zero-order valence-electron chi connectivity index (χ0n) is 16.5. The molecule has 0 spiro atoms. The molecule has 2 rings (SSSR count). The maximum atomic E-state index is 12.1. The van der Waals surface area contributed by atoms with Crippen LogP contribution in [-0.2, 0) is 4.79 Å². The van der Waals surface area contributed by atoms with Crippen molar-refractivity contribution in [3.63, 3.8) is 0 Å². The number of carbonyl (C=O) groups excluding carboxylic acids is 2. The first kappa shape index (κ1) is 20.5. The largest absolute Gasteiger partial charge is 0.497 e. The fraction of sp³-hybridized carbons (Fsp3) is 0.400. The van der Waals surface area contributed by atoms with Gasteiger partial charge in [0.15, 0.2) is 0 Å². The molecule has 1 heterocycles. The van der Waals surface area contributed by atoms with Crippen molar-refractivity contribution in [1.82, 2.24) is 15.5 Å². The Balaban J connectivity index is 1.88. The van der Waals surface area contributed by atoms with Gasteiger partial charge in [0.1, 0.15) is 17.3 Å². The molecule has 0 radical (unpaired) electrons. The minimum Gasteiger partial charge on any atom is -0.497 e. The number of likely N-dealkylation sites (N-methyl/N-ethyl adjacent to an activating group) is 1. The number of nitrogens with one attached hydrogen (secondary N) is 2. The van der Waals surface area contributed by atoms with E-state index in [1.54, 1.807) is 27.0 Å². The van der Waals surface area contributed by atoms with Crippen LogP contribution in [-0.4, -0.2) is 51.0 Å². The minimum atomic E-state index is -0.321. The van der Waals surface area contributed by atoms with Crippen LogP contribution in [0.4, 0.5) is 0 Å². The van der Waals surface area contributed by atoms with E-state index in [1.807, 2.05) is 43.3 Å². The van der Waals surface area contributed by atoms with Gasteiger partial charge in [-0.1, -0.05) is 12.1 Å². The van der Waals surface area contributed by atoms with Crippen LogP contribution >= 0.6 is 0 Å². The molecule has 2 amide bonds. The van der Waals surface area contributed by atoms with Crippen molar-refractivity contribution in [2.45, 2.75) is 19.9 Å². The summed E-state index contributed by atoms with van der Waals surface area (Å²) in [6, 6.07) is 9.40. The zero-order valence-corrected chi connectivity index (χ0v) is 16.5. The third-order valence-corrected chi connectivity index (χ3v) is 4.31. The standard InChI is InChI=1S/C20H27N3O4/c1-13-10-17(14(2)27-13)20(25)22-12-19(24)21-11-18(23(3)4)15-6-8-16(26-5)9-7-15/h6-10,18H,11-12H2,1-5H3,(H,21,24)(H,22,25). The van der Waals surface area contributed by atoms with Crippen molar-refractivity contribution >= 4 is 11.8 Å². The van der Waals surface area contributed by atoms with Gasteiger partial charge >= 0.3 is 0 Å². The smallest absolute Gasteiger partial charge is 0.255 e. The summed E-state index contributed by atoms with van der Waals surface area (Å²) in [6.07, 6.45) is 0. The Morgan fingerprint density at radius 2 is 1.81 bits per heavy atom. The molecule has 0 bridgehead atoms. The van der Waals surface area contributed by atoms with Crippen LogP contribution in [0.25, 0.3) is 0 Å². The average molecular weight is 373 g/mol. The van der Waals surface area contributed by atoms with Gasteiger partial charge in [0.25, 0.3) is 5.91 Å². The van der Waals surface area contributed by atoms with E-state index in [1.165, 1.54) is 0 Å². The molecule has 7 heteroatoms. The summed E-state index contributed by atoms with van der Waals surface area (Å²) in [5.74, 6) is 1.42. The van der Waals surface area contributed by atoms with Gasteiger partial charge in [-0.2, -0.15) is 0 Å². The van der Waals surface area contributed by atoms with Crippen LogP contribution in [0.15, 0.2) is 34.7 Å². The van der Waals surface area contributed by atoms with E-state index in [2.05, 4.69) is 10.6 Å². The molecule has 1 unspecified atom stereocenters. The van der Waals surface area contributed by atoms with E-state index in [0.717, 1.165) is 11.3 Å². The predicted octanol–water partition coefficient (Wildman–Crippen LogP) is 2.05. The monoisotopic (exact) mass is 373 g/mol. The van der Waals surface area contributed by atoms with Gasteiger partial charge in [-0.3, -0.25) is 9.59 Å².